The molecule has 0 atom stereocenters. The second kappa shape index (κ2) is 4.99. The summed E-state index contributed by atoms with van der Waals surface area (Å²) in [5.74, 6) is 1.000. The Kier molecular flexibility index (Phi) is 3.41. The van der Waals surface area contributed by atoms with E-state index in [0.717, 1.165) is 18.8 Å². The molecule has 2 N–H and O–H groups in total. The molecular formula is C12H16N2O2. The average Bonchev–Trinajstić information content (AvgIpc) is 2.76. The van der Waals surface area contributed by atoms with Crippen LogP contribution < -0.4 is 15.4 Å². The van der Waals surface area contributed by atoms with Crippen LogP contribution in [0.5, 0.6) is 5.75 Å². The number of carbonyl (C=O) groups is 1. The highest BCUT2D eigenvalue weighted by Gasteiger charge is 2.11. The number of rotatable bonds is 4. The quantitative estimate of drug-likeness (QED) is 0.775. The minimum Gasteiger partial charge on any atom is -0.493 e. The lowest BCUT2D eigenvalue weighted by molar-refractivity contribution is -0.119. The first-order valence-corrected chi connectivity index (χ1v) is 5.45. The van der Waals surface area contributed by atoms with E-state index in [-0.39, 0.29) is 5.91 Å². The van der Waals surface area contributed by atoms with E-state index >= 15 is 0 Å². The molecule has 1 aliphatic rings. The third kappa shape index (κ3) is 2.52. The maximum absolute atomic E-state index is 11.0. The van der Waals surface area contributed by atoms with Crippen LogP contribution in [0.3, 0.4) is 0 Å². The molecule has 0 fully saturated rings. The van der Waals surface area contributed by atoms with Gasteiger partial charge in [-0.25, -0.2) is 0 Å². The van der Waals surface area contributed by atoms with Gasteiger partial charge >= 0.3 is 0 Å². The molecule has 2 rings (SSSR count). The molecule has 16 heavy (non-hydrogen) atoms. The minimum absolute atomic E-state index is 0.00416. The van der Waals surface area contributed by atoms with E-state index in [2.05, 4.69) is 16.7 Å². The van der Waals surface area contributed by atoms with E-state index in [9.17, 15) is 4.79 Å². The second-order valence-corrected chi connectivity index (χ2v) is 3.82. The number of hydrogen-bond donors (Lipinski definition) is 2. The summed E-state index contributed by atoms with van der Waals surface area (Å²) in [6.45, 7) is 1.84. The van der Waals surface area contributed by atoms with Gasteiger partial charge in [-0.05, 0) is 17.2 Å². The number of likely N-dealkylation sites (N-methyl/N-ethyl adjacent to an activating group) is 1. The van der Waals surface area contributed by atoms with E-state index < -0.39 is 0 Å². The lowest BCUT2D eigenvalue weighted by Gasteiger charge is -2.05. The molecule has 1 aromatic carbocycles. The van der Waals surface area contributed by atoms with Gasteiger partial charge in [0, 0.05) is 20.0 Å². The Balaban J connectivity index is 1.88. The molecule has 0 aromatic heterocycles. The molecule has 1 aromatic rings. The van der Waals surface area contributed by atoms with Gasteiger partial charge in [0.25, 0.3) is 0 Å². The zero-order valence-electron chi connectivity index (χ0n) is 9.38. The summed E-state index contributed by atoms with van der Waals surface area (Å²) in [4.78, 5) is 11.0. The largest absolute Gasteiger partial charge is 0.493 e. The first kappa shape index (κ1) is 11.0. The fourth-order valence-corrected chi connectivity index (χ4v) is 1.76. The standard InChI is InChI=1S/C12H16N2O2/c1-13-12(15)8-14-7-9-2-3-11-10(6-9)4-5-16-11/h2-3,6,14H,4-5,7-8H2,1H3,(H,13,15). The predicted octanol–water partition coefficient (Wildman–Crippen LogP) is 0.457. The van der Waals surface area contributed by atoms with Crippen molar-refractivity contribution < 1.29 is 9.53 Å². The number of benzene rings is 1. The monoisotopic (exact) mass is 220 g/mol. The van der Waals surface area contributed by atoms with Crippen molar-refractivity contribution in [1.29, 1.82) is 0 Å². The highest BCUT2D eigenvalue weighted by Crippen LogP contribution is 2.25. The van der Waals surface area contributed by atoms with Crippen LogP contribution in [0.2, 0.25) is 0 Å². The van der Waals surface area contributed by atoms with Gasteiger partial charge in [0.15, 0.2) is 0 Å². The molecule has 1 aliphatic heterocycles. The van der Waals surface area contributed by atoms with Crippen molar-refractivity contribution in [1.82, 2.24) is 10.6 Å². The molecule has 0 unspecified atom stereocenters. The summed E-state index contributed by atoms with van der Waals surface area (Å²) in [6.07, 6.45) is 0.985. The first-order valence-electron chi connectivity index (χ1n) is 5.45. The van der Waals surface area contributed by atoms with Gasteiger partial charge in [-0.1, -0.05) is 12.1 Å². The van der Waals surface area contributed by atoms with Gasteiger partial charge in [-0.15, -0.1) is 0 Å². The number of amides is 1. The smallest absolute Gasteiger partial charge is 0.233 e. The zero-order chi connectivity index (χ0) is 11.4. The molecule has 0 saturated carbocycles. The van der Waals surface area contributed by atoms with Gasteiger partial charge in [0.05, 0.1) is 13.2 Å². The Morgan fingerprint density at radius 2 is 2.38 bits per heavy atom. The molecule has 0 saturated heterocycles. The van der Waals surface area contributed by atoms with Crippen molar-refractivity contribution in [3.8, 4) is 5.75 Å². The molecule has 0 bridgehead atoms. The van der Waals surface area contributed by atoms with E-state index in [1.807, 2.05) is 12.1 Å². The lowest BCUT2D eigenvalue weighted by Crippen LogP contribution is -2.30. The topological polar surface area (TPSA) is 50.4 Å². The zero-order valence-corrected chi connectivity index (χ0v) is 9.38. The highest BCUT2D eigenvalue weighted by atomic mass is 16.5. The Morgan fingerprint density at radius 1 is 1.50 bits per heavy atom. The maximum atomic E-state index is 11.0. The van der Waals surface area contributed by atoms with Gasteiger partial charge in [0.2, 0.25) is 5.91 Å². The van der Waals surface area contributed by atoms with Crippen LogP contribution in [0.1, 0.15) is 11.1 Å². The Bertz CT molecular complexity index is 391. The van der Waals surface area contributed by atoms with Gasteiger partial charge in [-0.3, -0.25) is 4.79 Å². The van der Waals surface area contributed by atoms with Crippen molar-refractivity contribution in [2.24, 2.45) is 0 Å². The molecule has 0 aliphatic carbocycles. The summed E-state index contributed by atoms with van der Waals surface area (Å²) in [5, 5.41) is 5.66. The van der Waals surface area contributed by atoms with Crippen molar-refractivity contribution in [3.05, 3.63) is 29.3 Å². The number of ether oxygens (including phenoxy) is 1. The summed E-state index contributed by atoms with van der Waals surface area (Å²) in [7, 11) is 1.64. The van der Waals surface area contributed by atoms with E-state index in [0.29, 0.717) is 13.1 Å². The lowest BCUT2D eigenvalue weighted by atomic mass is 10.1. The SMILES string of the molecule is CNC(=O)CNCc1ccc2c(c1)CCO2. The molecule has 0 spiro atoms. The number of carbonyl (C=O) groups excluding carboxylic acids is 1. The normalized spacial score (nSPS) is 13.1. The van der Waals surface area contributed by atoms with Gasteiger partial charge in [0.1, 0.15) is 5.75 Å². The van der Waals surface area contributed by atoms with Crippen LogP contribution in [0.4, 0.5) is 0 Å². The van der Waals surface area contributed by atoms with Crippen LogP contribution in [-0.4, -0.2) is 26.1 Å². The first-order chi connectivity index (χ1) is 7.79. The van der Waals surface area contributed by atoms with Crippen LogP contribution in [-0.2, 0) is 17.8 Å². The third-order valence-corrected chi connectivity index (χ3v) is 2.65. The fourth-order valence-electron chi connectivity index (χ4n) is 1.76. The summed E-state index contributed by atoms with van der Waals surface area (Å²) in [5.41, 5.74) is 2.45. The Morgan fingerprint density at radius 3 is 3.19 bits per heavy atom. The van der Waals surface area contributed by atoms with Crippen molar-refractivity contribution in [2.75, 3.05) is 20.2 Å². The number of nitrogens with one attached hydrogen (secondary N) is 2. The van der Waals surface area contributed by atoms with E-state index in [1.54, 1.807) is 7.05 Å². The maximum Gasteiger partial charge on any atom is 0.233 e. The van der Waals surface area contributed by atoms with Crippen molar-refractivity contribution in [2.45, 2.75) is 13.0 Å². The highest BCUT2D eigenvalue weighted by molar-refractivity contribution is 5.77. The predicted molar refractivity (Wildman–Crippen MR) is 61.4 cm³/mol. The molecule has 1 amide bonds. The molecule has 0 radical (unpaired) electrons. The molecule has 4 heteroatoms. The minimum atomic E-state index is 0.00416. The van der Waals surface area contributed by atoms with E-state index in [4.69, 9.17) is 4.74 Å². The molecule has 1 heterocycles. The fraction of sp³-hybridized carbons (Fsp3) is 0.417. The Labute approximate surface area is 95.0 Å². The van der Waals surface area contributed by atoms with E-state index in [1.165, 1.54) is 11.1 Å². The van der Waals surface area contributed by atoms with Crippen molar-refractivity contribution >= 4 is 5.91 Å². The Hall–Kier alpha value is -1.55. The summed E-state index contributed by atoms with van der Waals surface area (Å²) >= 11 is 0. The van der Waals surface area contributed by atoms with Crippen molar-refractivity contribution in [3.63, 3.8) is 0 Å². The molecule has 86 valence electrons. The van der Waals surface area contributed by atoms with Crippen LogP contribution >= 0.6 is 0 Å². The number of fused-ring (bicyclic) bond motifs is 1. The molecule has 4 nitrogen and oxygen atoms in total. The number of hydrogen-bond acceptors (Lipinski definition) is 3. The van der Waals surface area contributed by atoms with Crippen LogP contribution in [0.15, 0.2) is 18.2 Å². The van der Waals surface area contributed by atoms with Gasteiger partial charge in [-0.2, -0.15) is 0 Å². The third-order valence-electron chi connectivity index (χ3n) is 2.65. The summed E-state index contributed by atoms with van der Waals surface area (Å²) in [6, 6.07) is 6.17. The van der Waals surface area contributed by atoms with Crippen LogP contribution in [0, 0.1) is 0 Å². The second-order valence-electron chi connectivity index (χ2n) is 3.82. The molecular weight excluding hydrogens is 204 g/mol. The average molecular weight is 220 g/mol. The summed E-state index contributed by atoms with van der Waals surface area (Å²) < 4.78 is 5.43. The van der Waals surface area contributed by atoms with Gasteiger partial charge < -0.3 is 15.4 Å². The van der Waals surface area contributed by atoms with Crippen LogP contribution in [0.25, 0.3) is 0 Å².